The quantitative estimate of drug-likeness (QED) is 0.528. The van der Waals surface area contributed by atoms with Crippen LogP contribution in [0.5, 0.6) is 0 Å². The number of unbranched alkanes of at least 4 members (excludes halogenated alkanes) is 2. The second kappa shape index (κ2) is 15.9. The van der Waals surface area contributed by atoms with Crippen molar-refractivity contribution in [1.82, 2.24) is 0 Å². The van der Waals surface area contributed by atoms with E-state index in [2.05, 4.69) is 13.8 Å². The molecule has 0 spiro atoms. The second-order valence-electron chi connectivity index (χ2n) is 3.40. The number of ether oxygens (including phenoxy) is 1. The standard InChI is InChI=1S/C8H16O2.C4H10O/c1-3-5-7-10-8(9)6-4-2;1-2-3-4-5/h3-7H2,1-2H3;5H,2-4H2,1H3. The molecule has 0 aromatic carbocycles. The molecule has 0 bridgehead atoms. The maximum absolute atomic E-state index is 10.7. The van der Waals surface area contributed by atoms with E-state index in [1.54, 1.807) is 0 Å². The molecule has 3 nitrogen and oxygen atoms in total. The van der Waals surface area contributed by atoms with Crippen molar-refractivity contribution < 1.29 is 14.6 Å². The van der Waals surface area contributed by atoms with Crippen LogP contribution in [-0.2, 0) is 9.53 Å². The van der Waals surface area contributed by atoms with E-state index in [-0.39, 0.29) is 5.97 Å². The molecule has 3 heteroatoms. The molecule has 1 N–H and O–H groups in total. The van der Waals surface area contributed by atoms with Crippen LogP contribution in [-0.4, -0.2) is 24.3 Å². The van der Waals surface area contributed by atoms with E-state index in [4.69, 9.17) is 9.84 Å². The van der Waals surface area contributed by atoms with Gasteiger partial charge in [-0.05, 0) is 19.3 Å². The zero-order valence-corrected chi connectivity index (χ0v) is 10.4. The topological polar surface area (TPSA) is 46.5 Å². The molecule has 0 atom stereocenters. The first-order valence-corrected chi connectivity index (χ1v) is 5.99. The van der Waals surface area contributed by atoms with Gasteiger partial charge in [-0.15, -0.1) is 0 Å². The fourth-order valence-corrected chi connectivity index (χ4v) is 0.765. The van der Waals surface area contributed by atoms with Gasteiger partial charge in [-0.2, -0.15) is 0 Å². The molecule has 0 aromatic heterocycles. The third-order valence-electron chi connectivity index (χ3n) is 1.73. The van der Waals surface area contributed by atoms with Crippen LogP contribution in [0.15, 0.2) is 0 Å². The summed E-state index contributed by atoms with van der Waals surface area (Å²) in [5.41, 5.74) is 0. The minimum Gasteiger partial charge on any atom is -0.466 e. The monoisotopic (exact) mass is 218 g/mol. The van der Waals surface area contributed by atoms with Crippen LogP contribution in [0.4, 0.5) is 0 Å². The van der Waals surface area contributed by atoms with Gasteiger partial charge in [0.25, 0.3) is 0 Å². The Morgan fingerprint density at radius 2 is 1.67 bits per heavy atom. The SMILES string of the molecule is CCCCO.CCCCOC(=O)CCC. The maximum Gasteiger partial charge on any atom is 0.305 e. The summed E-state index contributed by atoms with van der Waals surface area (Å²) < 4.78 is 4.88. The number of aliphatic hydroxyl groups is 1. The molecule has 0 aliphatic carbocycles. The molecule has 0 fully saturated rings. The summed E-state index contributed by atoms with van der Waals surface area (Å²) in [5.74, 6) is -0.0593. The van der Waals surface area contributed by atoms with Crippen molar-refractivity contribution in [2.75, 3.05) is 13.2 Å². The Morgan fingerprint density at radius 3 is 2.00 bits per heavy atom. The van der Waals surface area contributed by atoms with Crippen LogP contribution in [0, 0.1) is 0 Å². The van der Waals surface area contributed by atoms with Crippen molar-refractivity contribution in [2.45, 2.75) is 59.3 Å². The zero-order chi connectivity index (χ0) is 11.9. The fraction of sp³-hybridized carbons (Fsp3) is 0.917. The Hall–Kier alpha value is -0.570. The highest BCUT2D eigenvalue weighted by Crippen LogP contribution is 1.93. The molecule has 0 amide bonds. The predicted octanol–water partition coefficient (Wildman–Crippen LogP) is 2.91. The minimum absolute atomic E-state index is 0.0593. The van der Waals surface area contributed by atoms with Gasteiger partial charge in [0, 0.05) is 13.0 Å². The molecule has 0 unspecified atom stereocenters. The summed E-state index contributed by atoms with van der Waals surface area (Å²) in [6.45, 7) is 7.04. The molecule has 0 rings (SSSR count). The first-order chi connectivity index (χ1) is 7.22. The third-order valence-corrected chi connectivity index (χ3v) is 1.73. The summed E-state index contributed by atoms with van der Waals surface area (Å²) >= 11 is 0. The van der Waals surface area contributed by atoms with Gasteiger partial charge in [0.15, 0.2) is 0 Å². The average Bonchev–Trinajstić information content (AvgIpc) is 2.21. The molecule has 0 aliphatic rings. The largest absolute Gasteiger partial charge is 0.466 e. The molecular formula is C12H26O3. The number of carbonyl (C=O) groups is 1. The first-order valence-electron chi connectivity index (χ1n) is 5.99. The van der Waals surface area contributed by atoms with Crippen LogP contribution in [0.1, 0.15) is 59.3 Å². The first kappa shape index (κ1) is 16.8. The van der Waals surface area contributed by atoms with Crippen molar-refractivity contribution in [2.24, 2.45) is 0 Å². The van der Waals surface area contributed by atoms with Crippen molar-refractivity contribution in [3.8, 4) is 0 Å². The van der Waals surface area contributed by atoms with Crippen LogP contribution < -0.4 is 0 Å². The molecular weight excluding hydrogens is 192 g/mol. The minimum atomic E-state index is -0.0593. The maximum atomic E-state index is 10.7. The number of hydrogen-bond donors (Lipinski definition) is 1. The van der Waals surface area contributed by atoms with E-state index in [1.165, 1.54) is 0 Å². The van der Waals surface area contributed by atoms with Crippen molar-refractivity contribution in [1.29, 1.82) is 0 Å². The highest BCUT2D eigenvalue weighted by molar-refractivity contribution is 5.69. The number of aliphatic hydroxyl groups excluding tert-OH is 1. The van der Waals surface area contributed by atoms with Crippen LogP contribution >= 0.6 is 0 Å². The highest BCUT2D eigenvalue weighted by atomic mass is 16.5. The van der Waals surface area contributed by atoms with E-state index in [1.807, 2.05) is 6.92 Å². The lowest BCUT2D eigenvalue weighted by Crippen LogP contribution is -2.04. The Labute approximate surface area is 93.8 Å². The summed E-state index contributed by atoms with van der Waals surface area (Å²) in [6.07, 6.45) is 5.54. The zero-order valence-electron chi connectivity index (χ0n) is 10.4. The third kappa shape index (κ3) is 19.7. The molecule has 0 aromatic rings. The normalized spacial score (nSPS) is 9.07. The van der Waals surface area contributed by atoms with Crippen molar-refractivity contribution in [3.63, 3.8) is 0 Å². The van der Waals surface area contributed by atoms with E-state index < -0.39 is 0 Å². The van der Waals surface area contributed by atoms with Crippen LogP contribution in [0.2, 0.25) is 0 Å². The molecule has 15 heavy (non-hydrogen) atoms. The van der Waals surface area contributed by atoms with Gasteiger partial charge in [0.1, 0.15) is 0 Å². The molecule has 92 valence electrons. The number of esters is 1. The Kier molecular flexibility index (Phi) is 17.8. The smallest absolute Gasteiger partial charge is 0.305 e. The highest BCUT2D eigenvalue weighted by Gasteiger charge is 1.97. The Morgan fingerprint density at radius 1 is 1.07 bits per heavy atom. The van der Waals surface area contributed by atoms with Gasteiger partial charge in [0.05, 0.1) is 6.61 Å². The van der Waals surface area contributed by atoms with E-state index in [9.17, 15) is 4.79 Å². The van der Waals surface area contributed by atoms with Crippen LogP contribution in [0.3, 0.4) is 0 Å². The second-order valence-corrected chi connectivity index (χ2v) is 3.40. The van der Waals surface area contributed by atoms with Gasteiger partial charge in [-0.25, -0.2) is 0 Å². The van der Waals surface area contributed by atoms with Gasteiger partial charge in [-0.1, -0.05) is 33.6 Å². The van der Waals surface area contributed by atoms with Gasteiger partial charge in [0.2, 0.25) is 0 Å². The van der Waals surface area contributed by atoms with Gasteiger partial charge >= 0.3 is 5.97 Å². The summed E-state index contributed by atoms with van der Waals surface area (Å²) in [6, 6.07) is 0. The lowest BCUT2D eigenvalue weighted by Gasteiger charge is -2.00. The Balaban J connectivity index is 0. The summed E-state index contributed by atoms with van der Waals surface area (Å²) in [5, 5.41) is 8.07. The Bertz CT molecular complexity index is 122. The summed E-state index contributed by atoms with van der Waals surface area (Å²) in [4.78, 5) is 10.7. The molecule has 0 heterocycles. The summed E-state index contributed by atoms with van der Waals surface area (Å²) in [7, 11) is 0. The van der Waals surface area contributed by atoms with E-state index in [0.717, 1.165) is 32.1 Å². The molecule has 0 saturated carbocycles. The number of hydrogen-bond acceptors (Lipinski definition) is 3. The molecule has 0 saturated heterocycles. The van der Waals surface area contributed by atoms with E-state index in [0.29, 0.717) is 19.6 Å². The van der Waals surface area contributed by atoms with Crippen molar-refractivity contribution >= 4 is 5.97 Å². The van der Waals surface area contributed by atoms with Gasteiger partial charge < -0.3 is 9.84 Å². The lowest BCUT2D eigenvalue weighted by atomic mass is 10.3. The average molecular weight is 218 g/mol. The van der Waals surface area contributed by atoms with Crippen LogP contribution in [0.25, 0.3) is 0 Å². The number of carbonyl (C=O) groups excluding carboxylic acids is 1. The number of rotatable bonds is 7. The molecule has 0 radical (unpaired) electrons. The fourth-order valence-electron chi connectivity index (χ4n) is 0.765. The van der Waals surface area contributed by atoms with Crippen molar-refractivity contribution in [3.05, 3.63) is 0 Å². The van der Waals surface area contributed by atoms with Gasteiger partial charge in [-0.3, -0.25) is 4.79 Å². The molecule has 0 aliphatic heterocycles. The predicted molar refractivity (Wildman–Crippen MR) is 62.8 cm³/mol. The lowest BCUT2D eigenvalue weighted by molar-refractivity contribution is -0.143. The van der Waals surface area contributed by atoms with E-state index >= 15 is 0 Å².